The minimum absolute atomic E-state index is 0.0220. The molecule has 0 spiro atoms. The quantitative estimate of drug-likeness (QED) is 0.313. The normalized spacial score (nSPS) is 11.9. The van der Waals surface area contributed by atoms with Crippen LogP contribution >= 0.6 is 20.2 Å². The van der Waals surface area contributed by atoms with Gasteiger partial charge in [-0.2, -0.15) is 0 Å². The van der Waals surface area contributed by atoms with Crippen LogP contribution < -0.4 is 4.74 Å². The van der Waals surface area contributed by atoms with Crippen LogP contribution in [0.25, 0.3) is 0 Å². The number of benzene rings is 2. The van der Waals surface area contributed by atoms with Crippen LogP contribution in [-0.4, -0.2) is 13.3 Å². The van der Waals surface area contributed by atoms with Crippen LogP contribution in [0.15, 0.2) is 41.4 Å². The van der Waals surface area contributed by atoms with Gasteiger partial charge in [-0.05, 0) is 34.4 Å². The van der Waals surface area contributed by atoms with Gasteiger partial charge in [-0.25, -0.2) is 0 Å². The summed E-state index contributed by atoms with van der Waals surface area (Å²) in [6, 6.07) is 12.8. The number of methoxy groups -OCH3 is 1. The van der Waals surface area contributed by atoms with Crippen molar-refractivity contribution in [3.05, 3.63) is 58.7 Å². The van der Waals surface area contributed by atoms with Crippen molar-refractivity contribution in [2.75, 3.05) is 7.11 Å². The van der Waals surface area contributed by atoms with E-state index in [9.17, 15) is 0 Å². The third-order valence-electron chi connectivity index (χ3n) is 4.73. The first-order chi connectivity index (χ1) is 13.6. The summed E-state index contributed by atoms with van der Waals surface area (Å²) >= 11 is 0.194. The molecule has 0 aliphatic carbocycles. The van der Waals surface area contributed by atoms with Crippen LogP contribution in [0.4, 0.5) is 5.69 Å². The number of nitrogens with zero attached hydrogens (tertiary/aromatic N) is 1. The third-order valence-corrected chi connectivity index (χ3v) is 4.73. The van der Waals surface area contributed by atoms with Gasteiger partial charge in [-0.1, -0.05) is 78.8 Å². The van der Waals surface area contributed by atoms with Gasteiger partial charge in [0.1, 0.15) is 5.75 Å². The summed E-state index contributed by atoms with van der Waals surface area (Å²) in [6.07, 6.45) is 1.96. The fraction of sp³-hybridized carbons (Fsp3) is 0.458. The number of halogens is 2. The molecule has 0 radical (unpaired) electrons. The molecule has 0 aliphatic heterocycles. The van der Waals surface area contributed by atoms with Gasteiger partial charge in [0.05, 0.1) is 12.8 Å². The van der Waals surface area contributed by atoms with Gasteiger partial charge in [0, 0.05) is 17.3 Å². The van der Waals surface area contributed by atoms with E-state index < -0.39 is 0 Å². The Morgan fingerprint density at radius 2 is 1.41 bits per heavy atom. The van der Waals surface area contributed by atoms with E-state index in [2.05, 4.69) is 84.9 Å². The van der Waals surface area contributed by atoms with Gasteiger partial charge < -0.3 is 4.74 Å². The topological polar surface area (TPSA) is 21.6 Å². The molecular weight excluding hydrogens is 445 g/mol. The van der Waals surface area contributed by atoms with E-state index in [-0.39, 0.29) is 18.5 Å². The average molecular weight is 478 g/mol. The molecule has 0 amide bonds. The molecule has 0 aliphatic rings. The zero-order valence-electron chi connectivity index (χ0n) is 18.7. The monoisotopic (exact) mass is 477 g/mol. The molecule has 5 heteroatoms. The van der Waals surface area contributed by atoms with Gasteiger partial charge in [0.15, 0.2) is 0 Å². The molecule has 2 rings (SSSR count). The molecule has 0 saturated heterocycles. The molecule has 2 aromatic carbocycles. The maximum atomic E-state index is 5.76. The minimum atomic E-state index is 0.0220. The Hall–Kier alpha value is -0.991. The molecule has 0 aromatic heterocycles. The molecular formula is C24H33Cl2FeNO. The van der Waals surface area contributed by atoms with Crippen LogP contribution in [0.2, 0.25) is 0 Å². The van der Waals surface area contributed by atoms with Crippen molar-refractivity contribution >= 4 is 32.1 Å². The summed E-state index contributed by atoms with van der Waals surface area (Å²) in [6.45, 7) is 15.5. The van der Waals surface area contributed by atoms with E-state index in [1.807, 2.05) is 6.21 Å². The molecule has 0 heterocycles. The first kappa shape index (κ1) is 26.0. The van der Waals surface area contributed by atoms with E-state index in [4.69, 9.17) is 29.9 Å². The molecule has 0 saturated carbocycles. The molecule has 0 fully saturated rings. The Balaban J connectivity index is 0.00000132. The van der Waals surface area contributed by atoms with Crippen LogP contribution in [0, 0.1) is 0 Å². The summed E-state index contributed by atoms with van der Waals surface area (Å²) in [5, 5.41) is 0. The second kappa shape index (κ2) is 12.0. The summed E-state index contributed by atoms with van der Waals surface area (Å²) in [5.74, 6) is 1.78. The van der Waals surface area contributed by atoms with Crippen LogP contribution in [0.5, 0.6) is 5.75 Å². The van der Waals surface area contributed by atoms with Gasteiger partial charge in [-0.15, -0.1) is 0 Å². The molecule has 0 bridgehead atoms. The van der Waals surface area contributed by atoms with Gasteiger partial charge in [0.2, 0.25) is 0 Å². The van der Waals surface area contributed by atoms with Gasteiger partial charge >= 0.3 is 33.3 Å². The summed E-state index contributed by atoms with van der Waals surface area (Å²) < 4.78 is 5.76. The van der Waals surface area contributed by atoms with E-state index >= 15 is 0 Å². The van der Waals surface area contributed by atoms with Crippen LogP contribution in [0.1, 0.15) is 82.6 Å². The first-order valence-electron chi connectivity index (χ1n) is 9.77. The van der Waals surface area contributed by atoms with Crippen LogP contribution in [-0.2, 0) is 18.5 Å². The Kier molecular flexibility index (Phi) is 10.8. The van der Waals surface area contributed by atoms with Crippen molar-refractivity contribution in [3.63, 3.8) is 0 Å². The van der Waals surface area contributed by atoms with Crippen LogP contribution in [0.3, 0.4) is 0 Å². The Bertz CT molecular complexity index is 785. The number of aliphatic imine (C=N–C) groups is 1. The van der Waals surface area contributed by atoms with Crippen molar-refractivity contribution in [1.29, 1.82) is 0 Å². The zero-order chi connectivity index (χ0) is 22.2. The van der Waals surface area contributed by atoms with Crippen molar-refractivity contribution in [1.82, 2.24) is 0 Å². The van der Waals surface area contributed by atoms with E-state index in [0.717, 1.165) is 17.0 Å². The number of para-hydroxylation sites is 2. The standard InChI is InChI=1S/C24H33NO.2ClH.Fe/c1-16(2)19-12-10-13-20(17(3)4)22(19)25-15-18-11-9-14-21(23(18)26-8)24(5,6)7;;;/h9-17H,1-8H3;2*1H;/q;;;+2/p-2. The second-order valence-electron chi connectivity index (χ2n) is 8.58. The summed E-state index contributed by atoms with van der Waals surface area (Å²) in [5.41, 5.74) is 5.92. The van der Waals surface area contributed by atoms with E-state index in [1.54, 1.807) is 7.11 Å². The van der Waals surface area contributed by atoms with Crippen molar-refractivity contribution in [2.24, 2.45) is 4.99 Å². The van der Waals surface area contributed by atoms with E-state index in [1.165, 1.54) is 16.7 Å². The first-order valence-corrected chi connectivity index (χ1v) is 12.8. The fourth-order valence-electron chi connectivity index (χ4n) is 3.27. The molecule has 29 heavy (non-hydrogen) atoms. The van der Waals surface area contributed by atoms with Gasteiger partial charge in [-0.3, -0.25) is 4.99 Å². The number of ether oxygens (including phenoxy) is 1. The predicted octanol–water partition coefficient (Wildman–Crippen LogP) is 8.37. The van der Waals surface area contributed by atoms with Crippen molar-refractivity contribution < 1.29 is 17.9 Å². The number of rotatable bonds is 5. The second-order valence-corrected chi connectivity index (χ2v) is 10.4. The van der Waals surface area contributed by atoms with E-state index in [0.29, 0.717) is 11.8 Å². The zero-order valence-corrected chi connectivity index (χ0v) is 21.3. The predicted molar refractivity (Wildman–Crippen MR) is 125 cm³/mol. The molecule has 0 N–H and O–H groups in total. The molecule has 2 aromatic rings. The third kappa shape index (κ3) is 7.33. The Labute approximate surface area is 191 Å². The SMILES string of the molecule is COc1c(C=Nc2c(C(C)C)cccc2C(C)C)cccc1C(C)(C)C.[Cl][Fe][Cl]. The molecule has 2 nitrogen and oxygen atoms in total. The molecule has 162 valence electrons. The average Bonchev–Trinajstić information content (AvgIpc) is 2.65. The summed E-state index contributed by atoms with van der Waals surface area (Å²) in [7, 11) is 11.3. The maximum absolute atomic E-state index is 5.76. The van der Waals surface area contributed by atoms with Gasteiger partial charge in [0.25, 0.3) is 0 Å². The number of hydrogen-bond donors (Lipinski definition) is 0. The summed E-state index contributed by atoms with van der Waals surface area (Å²) in [4.78, 5) is 4.95. The Morgan fingerprint density at radius 1 is 0.931 bits per heavy atom. The fourth-order valence-corrected chi connectivity index (χ4v) is 3.27. The number of hydrogen-bond acceptors (Lipinski definition) is 2. The molecule has 0 atom stereocenters. The molecule has 0 unspecified atom stereocenters. The van der Waals surface area contributed by atoms with Crippen molar-refractivity contribution in [2.45, 2.75) is 65.7 Å². The van der Waals surface area contributed by atoms with Crippen molar-refractivity contribution in [3.8, 4) is 5.75 Å². The Morgan fingerprint density at radius 3 is 1.83 bits per heavy atom.